The average Bonchev–Trinajstić information content (AvgIpc) is 3.31. The average molecular weight is 610 g/mol. The number of hydrogen-bond acceptors (Lipinski definition) is 6. The molecule has 216 valence electrons. The van der Waals surface area contributed by atoms with Crippen LogP contribution >= 0.6 is 23.2 Å². The predicted molar refractivity (Wildman–Crippen MR) is 141 cm³/mol. The first-order chi connectivity index (χ1) is 19.3. The summed E-state index contributed by atoms with van der Waals surface area (Å²) in [5.74, 6) is -2.51. The lowest BCUT2D eigenvalue weighted by Crippen LogP contribution is -2.49. The summed E-state index contributed by atoms with van der Waals surface area (Å²) in [5, 5.41) is 7.74. The molecular formula is C26H24Cl2F3N7O3. The molecule has 4 heterocycles. The maximum atomic E-state index is 13.9. The molecule has 1 N–H and O–H groups in total. The van der Waals surface area contributed by atoms with Crippen molar-refractivity contribution in [2.75, 3.05) is 13.6 Å². The van der Waals surface area contributed by atoms with Crippen molar-refractivity contribution in [3.05, 3.63) is 74.5 Å². The third-order valence-corrected chi connectivity index (χ3v) is 8.16. The molecule has 0 radical (unpaired) electrons. The fourth-order valence-electron chi connectivity index (χ4n) is 5.14. The van der Waals surface area contributed by atoms with E-state index in [0.717, 1.165) is 12.4 Å². The second-order valence-electron chi connectivity index (χ2n) is 9.93. The van der Waals surface area contributed by atoms with Crippen molar-refractivity contribution in [3.63, 3.8) is 0 Å². The van der Waals surface area contributed by atoms with Gasteiger partial charge in [-0.25, -0.2) is 14.6 Å². The molecule has 0 bridgehead atoms. The van der Waals surface area contributed by atoms with E-state index in [0.29, 0.717) is 28.3 Å². The standard InChI is InChI=1S/C26H24Cl2F3N7O3/c1-12-6-19-16(10-36(12)23(40)14-4-5-17(27)18(28)7-14)21-24(41)37(11-20(22(39)32-3)38(21)35-19)13(2)15-8-33-25(34-9-15)26(29,30)31/h4-5,7-9,12-13,20H,6,10-11H2,1-3H3,(H,32,39)/t12-,13?,20+/m1/s1. The largest absolute Gasteiger partial charge is 0.451 e. The fraction of sp³-hybridized carbons (Fsp3) is 0.385. The van der Waals surface area contributed by atoms with Crippen LogP contribution in [0, 0.1) is 0 Å². The zero-order valence-corrected chi connectivity index (χ0v) is 23.5. The number of amides is 3. The van der Waals surface area contributed by atoms with Crippen molar-refractivity contribution in [2.24, 2.45) is 0 Å². The second-order valence-corrected chi connectivity index (χ2v) is 10.7. The van der Waals surface area contributed by atoms with Gasteiger partial charge in [0.25, 0.3) is 11.8 Å². The summed E-state index contributed by atoms with van der Waals surface area (Å²) in [6, 6.07) is 2.60. The Balaban J connectivity index is 1.52. The van der Waals surface area contributed by atoms with Gasteiger partial charge in [-0.2, -0.15) is 18.3 Å². The first kappa shape index (κ1) is 28.8. The van der Waals surface area contributed by atoms with Gasteiger partial charge in [0.15, 0.2) is 0 Å². The quantitative estimate of drug-likeness (QED) is 0.477. The van der Waals surface area contributed by atoms with E-state index in [9.17, 15) is 27.6 Å². The van der Waals surface area contributed by atoms with Gasteiger partial charge >= 0.3 is 6.18 Å². The van der Waals surface area contributed by atoms with E-state index in [1.807, 2.05) is 6.92 Å². The lowest BCUT2D eigenvalue weighted by molar-refractivity contribution is -0.145. The highest BCUT2D eigenvalue weighted by atomic mass is 35.5. The van der Waals surface area contributed by atoms with Crippen LogP contribution in [0.3, 0.4) is 0 Å². The molecule has 0 saturated carbocycles. The number of halogens is 5. The zero-order chi connectivity index (χ0) is 29.8. The lowest BCUT2D eigenvalue weighted by atomic mass is 9.96. The van der Waals surface area contributed by atoms with Gasteiger partial charge in [-0.3, -0.25) is 14.4 Å². The Kier molecular flexibility index (Phi) is 7.45. The molecule has 0 spiro atoms. The number of rotatable bonds is 4. The molecule has 41 heavy (non-hydrogen) atoms. The molecule has 2 aromatic heterocycles. The van der Waals surface area contributed by atoms with E-state index in [2.05, 4.69) is 20.4 Å². The van der Waals surface area contributed by atoms with Gasteiger partial charge in [0.05, 0.1) is 34.9 Å². The minimum absolute atomic E-state index is 0.0444. The van der Waals surface area contributed by atoms with Crippen molar-refractivity contribution in [2.45, 2.75) is 51.1 Å². The number of alkyl halides is 3. The minimum atomic E-state index is -4.71. The summed E-state index contributed by atoms with van der Waals surface area (Å²) in [6.45, 7) is 3.43. The maximum Gasteiger partial charge on any atom is 0.451 e. The van der Waals surface area contributed by atoms with Gasteiger partial charge in [0.2, 0.25) is 11.7 Å². The number of aromatic nitrogens is 4. The number of carbonyl (C=O) groups excluding carboxylic acids is 3. The smallest absolute Gasteiger partial charge is 0.357 e. The van der Waals surface area contributed by atoms with E-state index >= 15 is 0 Å². The van der Waals surface area contributed by atoms with Crippen molar-refractivity contribution in [1.29, 1.82) is 0 Å². The predicted octanol–water partition coefficient (Wildman–Crippen LogP) is 4.09. The summed E-state index contributed by atoms with van der Waals surface area (Å²) >= 11 is 12.1. The monoisotopic (exact) mass is 609 g/mol. The van der Waals surface area contributed by atoms with E-state index in [-0.39, 0.29) is 41.3 Å². The van der Waals surface area contributed by atoms with Gasteiger partial charge in [-0.15, -0.1) is 0 Å². The van der Waals surface area contributed by atoms with Crippen LogP contribution in [-0.2, 0) is 23.9 Å². The van der Waals surface area contributed by atoms with Crippen LogP contribution in [0.4, 0.5) is 13.2 Å². The molecule has 0 aliphatic carbocycles. The molecule has 3 atom stereocenters. The van der Waals surface area contributed by atoms with Crippen LogP contribution in [0.15, 0.2) is 30.6 Å². The first-order valence-electron chi connectivity index (χ1n) is 12.6. The Hall–Kier alpha value is -3.71. The fourth-order valence-corrected chi connectivity index (χ4v) is 5.44. The van der Waals surface area contributed by atoms with Crippen LogP contribution in [0.1, 0.15) is 69.4 Å². The minimum Gasteiger partial charge on any atom is -0.357 e. The van der Waals surface area contributed by atoms with Crippen LogP contribution in [0.25, 0.3) is 0 Å². The molecule has 0 fully saturated rings. The Morgan fingerprint density at radius 1 is 1.15 bits per heavy atom. The number of fused-ring (bicyclic) bond motifs is 3. The normalized spacial score (nSPS) is 19.5. The highest BCUT2D eigenvalue weighted by molar-refractivity contribution is 6.42. The molecule has 2 aliphatic heterocycles. The Morgan fingerprint density at radius 2 is 1.83 bits per heavy atom. The molecule has 1 aromatic carbocycles. The maximum absolute atomic E-state index is 13.9. The number of carbonyl (C=O) groups is 3. The lowest BCUT2D eigenvalue weighted by Gasteiger charge is -2.37. The Morgan fingerprint density at radius 3 is 2.44 bits per heavy atom. The van der Waals surface area contributed by atoms with Gasteiger partial charge in [0, 0.05) is 48.6 Å². The van der Waals surface area contributed by atoms with Crippen molar-refractivity contribution in [3.8, 4) is 0 Å². The number of benzene rings is 1. The van der Waals surface area contributed by atoms with Crippen molar-refractivity contribution < 1.29 is 27.6 Å². The summed E-state index contributed by atoms with van der Waals surface area (Å²) in [4.78, 5) is 50.1. The third-order valence-electron chi connectivity index (χ3n) is 7.42. The molecule has 3 aromatic rings. The van der Waals surface area contributed by atoms with E-state index in [1.54, 1.807) is 17.9 Å². The first-order valence-corrected chi connectivity index (χ1v) is 13.3. The van der Waals surface area contributed by atoms with E-state index in [4.69, 9.17) is 23.2 Å². The van der Waals surface area contributed by atoms with Crippen LogP contribution in [-0.4, -0.2) is 66.9 Å². The van der Waals surface area contributed by atoms with E-state index < -0.39 is 35.9 Å². The van der Waals surface area contributed by atoms with Gasteiger partial charge in [-0.05, 0) is 32.0 Å². The highest BCUT2D eigenvalue weighted by Crippen LogP contribution is 2.36. The Bertz CT molecular complexity index is 1540. The van der Waals surface area contributed by atoms with Gasteiger partial charge in [0.1, 0.15) is 11.7 Å². The molecule has 15 heteroatoms. The van der Waals surface area contributed by atoms with Crippen LogP contribution in [0.2, 0.25) is 10.0 Å². The summed E-state index contributed by atoms with van der Waals surface area (Å²) in [5.41, 5.74) is 1.80. The molecule has 3 amide bonds. The molecule has 2 aliphatic rings. The third kappa shape index (κ3) is 5.12. The van der Waals surface area contributed by atoms with Gasteiger partial charge in [-0.1, -0.05) is 23.2 Å². The molecular weight excluding hydrogens is 586 g/mol. The summed E-state index contributed by atoms with van der Waals surface area (Å²) in [6.07, 6.45) is -2.35. The van der Waals surface area contributed by atoms with Crippen LogP contribution in [0.5, 0.6) is 0 Å². The molecule has 0 saturated heterocycles. The zero-order valence-electron chi connectivity index (χ0n) is 22.0. The number of nitrogens with zero attached hydrogens (tertiary/aromatic N) is 6. The SMILES string of the molecule is CNC(=O)[C@@H]1CN(C(C)c2cnc(C(F)(F)F)nc2)C(=O)c2c3c(nn21)C[C@@H](C)N(C(=O)c1ccc(Cl)c(Cl)c1)C3. The topological polar surface area (TPSA) is 113 Å². The second kappa shape index (κ2) is 10.6. The number of hydrogen-bond donors (Lipinski definition) is 1. The van der Waals surface area contributed by atoms with Gasteiger partial charge < -0.3 is 15.1 Å². The van der Waals surface area contributed by atoms with Crippen molar-refractivity contribution >= 4 is 40.9 Å². The number of nitrogens with one attached hydrogen (secondary N) is 1. The van der Waals surface area contributed by atoms with Crippen LogP contribution < -0.4 is 5.32 Å². The Labute approximate surface area is 242 Å². The highest BCUT2D eigenvalue weighted by Gasteiger charge is 2.44. The molecule has 5 rings (SSSR count). The van der Waals surface area contributed by atoms with Crippen molar-refractivity contribution in [1.82, 2.24) is 34.9 Å². The van der Waals surface area contributed by atoms with E-state index in [1.165, 1.54) is 28.8 Å². The summed E-state index contributed by atoms with van der Waals surface area (Å²) < 4.78 is 40.3. The summed E-state index contributed by atoms with van der Waals surface area (Å²) in [7, 11) is 1.46. The molecule has 10 nitrogen and oxygen atoms in total. The molecule has 1 unspecified atom stereocenters. The number of likely N-dealkylation sites (N-methyl/N-ethyl adjacent to an activating group) is 1.